The Labute approximate surface area is 176 Å². The van der Waals surface area contributed by atoms with Crippen LogP contribution in [0.5, 0.6) is 0 Å². The first-order chi connectivity index (χ1) is 13.9. The van der Waals surface area contributed by atoms with Gasteiger partial charge in [-0.05, 0) is 24.3 Å². The molecule has 0 aliphatic rings. The summed E-state index contributed by atoms with van der Waals surface area (Å²) < 4.78 is 2.73. The van der Waals surface area contributed by atoms with Crippen LogP contribution in [-0.2, 0) is 17.9 Å². The van der Waals surface area contributed by atoms with Crippen LogP contribution in [-0.4, -0.2) is 33.2 Å². The van der Waals surface area contributed by atoms with E-state index in [1.807, 2.05) is 0 Å². The maximum Gasteiger partial charge on any atom is 0.263 e. The molecule has 0 bridgehead atoms. The molecule has 29 heavy (non-hydrogen) atoms. The van der Waals surface area contributed by atoms with Gasteiger partial charge in [-0.3, -0.25) is 19.1 Å². The molecular weight excluding hydrogens is 417 g/mol. The molecule has 0 radical (unpaired) electrons. The molecule has 3 aromatic rings. The van der Waals surface area contributed by atoms with E-state index in [4.69, 9.17) is 23.2 Å². The molecule has 2 heterocycles. The van der Waals surface area contributed by atoms with E-state index in [2.05, 4.69) is 15.7 Å². The Balaban J connectivity index is 1.79. The van der Waals surface area contributed by atoms with Gasteiger partial charge in [-0.1, -0.05) is 29.3 Å². The Morgan fingerprint density at radius 1 is 1.14 bits per heavy atom. The summed E-state index contributed by atoms with van der Waals surface area (Å²) in [5.74, 6) is -0.816. The number of hydrogen-bond acceptors (Lipinski definition) is 4. The molecule has 150 valence electrons. The third kappa shape index (κ3) is 4.85. The highest BCUT2D eigenvalue weighted by molar-refractivity contribution is 6.36. The Morgan fingerprint density at radius 2 is 1.86 bits per heavy atom. The standard InChI is InChI=1S/C19H17Cl2N5O3/c1-22-17(27)11-26-9-12(8-23-26)24-18(28)13-4-3-7-25(19(13)29)10-14-15(20)5-2-6-16(14)21/h2-9H,10-11H2,1H3,(H,22,27)(H,24,28). The number of nitrogens with zero attached hydrogens (tertiary/aromatic N) is 3. The van der Waals surface area contributed by atoms with Gasteiger partial charge in [0, 0.05) is 35.1 Å². The molecule has 1 aromatic carbocycles. The highest BCUT2D eigenvalue weighted by atomic mass is 35.5. The molecule has 2 N–H and O–H groups in total. The van der Waals surface area contributed by atoms with Crippen molar-refractivity contribution in [2.75, 3.05) is 12.4 Å². The van der Waals surface area contributed by atoms with Crippen LogP contribution in [0.1, 0.15) is 15.9 Å². The molecule has 3 rings (SSSR count). The van der Waals surface area contributed by atoms with Crippen LogP contribution in [0.3, 0.4) is 0 Å². The molecule has 0 spiro atoms. The number of amides is 2. The van der Waals surface area contributed by atoms with E-state index in [0.717, 1.165) is 0 Å². The fraction of sp³-hybridized carbons (Fsp3) is 0.158. The predicted molar refractivity (Wildman–Crippen MR) is 111 cm³/mol. The first-order valence-electron chi connectivity index (χ1n) is 8.55. The van der Waals surface area contributed by atoms with Crippen molar-refractivity contribution in [2.24, 2.45) is 0 Å². The summed E-state index contributed by atoms with van der Waals surface area (Å²) in [4.78, 5) is 36.7. The first kappa shape index (κ1) is 20.6. The summed E-state index contributed by atoms with van der Waals surface area (Å²) >= 11 is 12.3. The summed E-state index contributed by atoms with van der Waals surface area (Å²) in [7, 11) is 1.52. The fourth-order valence-corrected chi connectivity index (χ4v) is 3.14. The van der Waals surface area contributed by atoms with Gasteiger partial charge in [0.15, 0.2) is 0 Å². The number of pyridine rings is 1. The lowest BCUT2D eigenvalue weighted by Crippen LogP contribution is -2.29. The summed E-state index contributed by atoms with van der Waals surface area (Å²) in [6.07, 6.45) is 4.45. The lowest BCUT2D eigenvalue weighted by Gasteiger charge is -2.11. The van der Waals surface area contributed by atoms with Crippen LogP contribution >= 0.6 is 23.2 Å². The van der Waals surface area contributed by atoms with Crippen molar-refractivity contribution in [2.45, 2.75) is 13.1 Å². The number of carbonyl (C=O) groups excluding carboxylic acids is 2. The van der Waals surface area contributed by atoms with Crippen LogP contribution in [0.25, 0.3) is 0 Å². The monoisotopic (exact) mass is 433 g/mol. The summed E-state index contributed by atoms with van der Waals surface area (Å²) in [6.45, 7) is 0.144. The van der Waals surface area contributed by atoms with Crippen molar-refractivity contribution in [3.8, 4) is 0 Å². The number of anilines is 1. The number of benzene rings is 1. The van der Waals surface area contributed by atoms with E-state index in [9.17, 15) is 14.4 Å². The molecule has 0 unspecified atom stereocenters. The Kier molecular flexibility index (Phi) is 6.36. The largest absolute Gasteiger partial charge is 0.358 e. The van der Waals surface area contributed by atoms with Gasteiger partial charge in [0.1, 0.15) is 12.1 Å². The maximum atomic E-state index is 12.8. The third-order valence-electron chi connectivity index (χ3n) is 4.13. The topological polar surface area (TPSA) is 98.0 Å². The second-order valence-electron chi connectivity index (χ2n) is 6.11. The smallest absolute Gasteiger partial charge is 0.263 e. The normalized spacial score (nSPS) is 10.6. The average molecular weight is 434 g/mol. The minimum Gasteiger partial charge on any atom is -0.358 e. The number of aromatic nitrogens is 3. The van der Waals surface area contributed by atoms with Crippen LogP contribution in [0.2, 0.25) is 10.0 Å². The number of halogens is 2. The molecule has 0 aliphatic carbocycles. The second-order valence-corrected chi connectivity index (χ2v) is 6.92. The Bertz CT molecular complexity index is 1100. The predicted octanol–water partition coefficient (Wildman–Crippen LogP) is 2.40. The lowest BCUT2D eigenvalue weighted by atomic mass is 10.2. The Hall–Kier alpha value is -3.10. The van der Waals surface area contributed by atoms with Crippen molar-refractivity contribution in [1.29, 1.82) is 0 Å². The maximum absolute atomic E-state index is 12.8. The zero-order chi connectivity index (χ0) is 21.0. The van der Waals surface area contributed by atoms with Crippen LogP contribution in [0.4, 0.5) is 5.69 Å². The van der Waals surface area contributed by atoms with Crippen molar-refractivity contribution in [3.63, 3.8) is 0 Å². The van der Waals surface area contributed by atoms with E-state index in [-0.39, 0.29) is 24.6 Å². The first-order valence-corrected chi connectivity index (χ1v) is 9.31. The molecule has 2 amide bonds. The molecule has 0 saturated heterocycles. The second kappa shape index (κ2) is 8.93. The van der Waals surface area contributed by atoms with Gasteiger partial charge in [0.2, 0.25) is 5.91 Å². The van der Waals surface area contributed by atoms with E-state index in [1.54, 1.807) is 30.5 Å². The van der Waals surface area contributed by atoms with Gasteiger partial charge >= 0.3 is 0 Å². The van der Waals surface area contributed by atoms with Crippen molar-refractivity contribution < 1.29 is 9.59 Å². The molecule has 0 saturated carbocycles. The van der Waals surface area contributed by atoms with E-state index in [0.29, 0.717) is 21.3 Å². The molecule has 10 heteroatoms. The number of carbonyl (C=O) groups is 2. The molecular formula is C19H17Cl2N5O3. The van der Waals surface area contributed by atoms with Crippen LogP contribution in [0.15, 0.2) is 53.7 Å². The van der Waals surface area contributed by atoms with E-state index < -0.39 is 11.5 Å². The molecule has 0 aliphatic heterocycles. The fourth-order valence-electron chi connectivity index (χ4n) is 2.63. The van der Waals surface area contributed by atoms with Crippen LogP contribution < -0.4 is 16.2 Å². The molecule has 0 fully saturated rings. The van der Waals surface area contributed by atoms with Gasteiger partial charge in [-0.15, -0.1) is 0 Å². The summed E-state index contributed by atoms with van der Waals surface area (Å²) in [5.41, 5.74) is 0.419. The number of hydrogen-bond donors (Lipinski definition) is 2. The van der Waals surface area contributed by atoms with Crippen molar-refractivity contribution in [3.05, 3.63) is 80.4 Å². The van der Waals surface area contributed by atoms with Gasteiger partial charge in [0.05, 0.1) is 18.4 Å². The minimum absolute atomic E-state index is 0.0170. The molecule has 0 atom stereocenters. The van der Waals surface area contributed by atoms with Gasteiger partial charge in [-0.25, -0.2) is 0 Å². The zero-order valence-corrected chi connectivity index (χ0v) is 16.9. The van der Waals surface area contributed by atoms with Gasteiger partial charge in [0.25, 0.3) is 11.5 Å². The average Bonchev–Trinajstić information content (AvgIpc) is 3.12. The lowest BCUT2D eigenvalue weighted by molar-refractivity contribution is -0.121. The van der Waals surface area contributed by atoms with E-state index >= 15 is 0 Å². The van der Waals surface area contributed by atoms with Gasteiger partial charge in [-0.2, -0.15) is 5.10 Å². The summed E-state index contributed by atoms with van der Waals surface area (Å²) in [5, 5.41) is 9.95. The molecule has 2 aromatic heterocycles. The van der Waals surface area contributed by atoms with Crippen molar-refractivity contribution in [1.82, 2.24) is 19.7 Å². The Morgan fingerprint density at radius 3 is 2.55 bits per heavy atom. The number of likely N-dealkylation sites (N-methyl/N-ethyl adjacent to an activating group) is 1. The number of nitrogens with one attached hydrogen (secondary N) is 2. The third-order valence-corrected chi connectivity index (χ3v) is 4.84. The minimum atomic E-state index is -0.589. The van der Waals surface area contributed by atoms with Gasteiger partial charge < -0.3 is 15.2 Å². The quantitative estimate of drug-likeness (QED) is 0.623. The highest BCUT2D eigenvalue weighted by Gasteiger charge is 2.15. The zero-order valence-electron chi connectivity index (χ0n) is 15.4. The summed E-state index contributed by atoms with van der Waals surface area (Å²) in [6, 6.07) is 8.10. The van der Waals surface area contributed by atoms with Crippen molar-refractivity contribution >= 4 is 40.7 Å². The number of rotatable bonds is 6. The SMILES string of the molecule is CNC(=O)Cn1cc(NC(=O)c2cccn(Cc3c(Cl)cccc3Cl)c2=O)cn1. The molecule has 8 nitrogen and oxygen atoms in total. The van der Waals surface area contributed by atoms with E-state index in [1.165, 1.54) is 34.8 Å². The van der Waals surface area contributed by atoms with Crippen LogP contribution in [0, 0.1) is 0 Å². The highest BCUT2D eigenvalue weighted by Crippen LogP contribution is 2.24.